The van der Waals surface area contributed by atoms with E-state index in [-0.39, 0.29) is 24.3 Å². The monoisotopic (exact) mass is 387 g/mol. The summed E-state index contributed by atoms with van der Waals surface area (Å²) in [6.45, 7) is 5.55. The van der Waals surface area contributed by atoms with Crippen molar-refractivity contribution in [3.05, 3.63) is 23.9 Å². The molecule has 2 fully saturated rings. The largest absolute Gasteiger partial charge is 0.368 e. The maximum absolute atomic E-state index is 12.4. The molecule has 154 valence electrons. The van der Waals surface area contributed by atoms with Gasteiger partial charge in [0.2, 0.25) is 11.8 Å². The Morgan fingerprint density at radius 2 is 2.11 bits per heavy atom. The van der Waals surface area contributed by atoms with Crippen molar-refractivity contribution in [2.75, 3.05) is 38.0 Å². The molecule has 1 aliphatic heterocycles. The van der Waals surface area contributed by atoms with Gasteiger partial charge in [-0.25, -0.2) is 4.98 Å². The number of hydrogen-bond donors (Lipinski definition) is 3. The second-order valence-corrected chi connectivity index (χ2v) is 7.96. The summed E-state index contributed by atoms with van der Waals surface area (Å²) in [6.07, 6.45) is 8.37. The van der Waals surface area contributed by atoms with Gasteiger partial charge in [-0.15, -0.1) is 0 Å². The third-order valence-corrected chi connectivity index (χ3v) is 5.79. The summed E-state index contributed by atoms with van der Waals surface area (Å²) in [4.78, 5) is 31.3. The molecular formula is C21H33N5O2. The second-order valence-electron chi connectivity index (χ2n) is 7.96. The smallest absolute Gasteiger partial charge is 0.237 e. The molecule has 0 unspecified atom stereocenters. The summed E-state index contributed by atoms with van der Waals surface area (Å²) >= 11 is 0. The van der Waals surface area contributed by atoms with Gasteiger partial charge in [-0.05, 0) is 37.3 Å². The van der Waals surface area contributed by atoms with Crippen LogP contribution in [0, 0.1) is 12.8 Å². The van der Waals surface area contributed by atoms with Gasteiger partial charge in [-0.1, -0.05) is 25.3 Å². The molecule has 1 aromatic rings. The molecule has 1 atom stereocenters. The highest BCUT2D eigenvalue weighted by Gasteiger charge is 2.33. The van der Waals surface area contributed by atoms with Crippen molar-refractivity contribution in [3.8, 4) is 0 Å². The Labute approximate surface area is 167 Å². The van der Waals surface area contributed by atoms with Crippen LogP contribution >= 0.6 is 0 Å². The van der Waals surface area contributed by atoms with Crippen LogP contribution in [0.2, 0.25) is 0 Å². The van der Waals surface area contributed by atoms with Gasteiger partial charge in [-0.3, -0.25) is 14.5 Å². The number of aryl methyl sites for hydroxylation is 1. The van der Waals surface area contributed by atoms with Crippen molar-refractivity contribution >= 4 is 17.6 Å². The summed E-state index contributed by atoms with van der Waals surface area (Å²) in [5.74, 6) is 1.41. The van der Waals surface area contributed by atoms with Gasteiger partial charge in [0, 0.05) is 38.9 Å². The highest BCUT2D eigenvalue weighted by Crippen LogP contribution is 2.25. The third kappa shape index (κ3) is 5.92. The van der Waals surface area contributed by atoms with Crippen molar-refractivity contribution in [1.29, 1.82) is 0 Å². The van der Waals surface area contributed by atoms with Crippen LogP contribution in [-0.2, 0) is 9.59 Å². The van der Waals surface area contributed by atoms with Crippen molar-refractivity contribution in [3.63, 3.8) is 0 Å². The topological polar surface area (TPSA) is 86.4 Å². The number of rotatable bonds is 8. The Morgan fingerprint density at radius 1 is 1.29 bits per heavy atom. The fraction of sp³-hybridized carbons (Fsp3) is 0.667. The van der Waals surface area contributed by atoms with E-state index in [4.69, 9.17) is 0 Å². The van der Waals surface area contributed by atoms with Crippen LogP contribution < -0.4 is 16.0 Å². The van der Waals surface area contributed by atoms with Gasteiger partial charge in [0.05, 0.1) is 12.5 Å². The van der Waals surface area contributed by atoms with E-state index in [2.05, 4.69) is 25.8 Å². The van der Waals surface area contributed by atoms with Crippen LogP contribution in [0.25, 0.3) is 0 Å². The van der Waals surface area contributed by atoms with Crippen LogP contribution in [0.15, 0.2) is 18.3 Å². The van der Waals surface area contributed by atoms with E-state index < -0.39 is 0 Å². The van der Waals surface area contributed by atoms with Gasteiger partial charge in [0.15, 0.2) is 0 Å². The zero-order valence-electron chi connectivity index (χ0n) is 16.9. The molecule has 1 saturated carbocycles. The Kier molecular flexibility index (Phi) is 7.65. The first kappa shape index (κ1) is 20.6. The van der Waals surface area contributed by atoms with Crippen LogP contribution in [0.3, 0.4) is 0 Å². The molecule has 2 heterocycles. The standard InChI is InChI=1S/C21H33N5O2/c1-16-6-5-9-23-20(16)24-11-10-22-19(27)14-18-21(28)25-12-13-26(18)15-17-7-3-2-4-8-17/h5-6,9,17-18H,2-4,7-8,10-15H2,1H3,(H,22,27)(H,23,24)(H,25,28)/t18-/m0/s1. The Hall–Kier alpha value is -2.15. The molecule has 2 aliphatic rings. The highest BCUT2D eigenvalue weighted by molar-refractivity contribution is 5.88. The summed E-state index contributed by atoms with van der Waals surface area (Å²) in [7, 11) is 0. The van der Waals surface area contributed by atoms with E-state index in [1.54, 1.807) is 6.20 Å². The molecule has 0 spiro atoms. The molecule has 1 aromatic heterocycles. The molecule has 2 amide bonds. The first-order chi connectivity index (χ1) is 13.6. The number of nitrogens with zero attached hydrogens (tertiary/aromatic N) is 2. The van der Waals surface area contributed by atoms with Gasteiger partial charge in [0.25, 0.3) is 0 Å². The fourth-order valence-corrected chi connectivity index (χ4v) is 4.21. The van der Waals surface area contributed by atoms with Crippen LogP contribution in [-0.4, -0.2) is 60.5 Å². The van der Waals surface area contributed by atoms with Crippen LogP contribution in [0.1, 0.15) is 44.1 Å². The Bertz CT molecular complexity index is 660. The first-order valence-corrected chi connectivity index (χ1v) is 10.6. The van der Waals surface area contributed by atoms with Crippen molar-refractivity contribution in [2.45, 2.75) is 51.5 Å². The zero-order chi connectivity index (χ0) is 19.8. The zero-order valence-corrected chi connectivity index (χ0v) is 16.9. The lowest BCUT2D eigenvalue weighted by Crippen LogP contribution is -2.57. The van der Waals surface area contributed by atoms with E-state index in [1.807, 2.05) is 19.1 Å². The molecule has 0 aromatic carbocycles. The molecule has 7 nitrogen and oxygen atoms in total. The number of hydrogen-bond acceptors (Lipinski definition) is 5. The quantitative estimate of drug-likeness (QED) is 0.591. The van der Waals surface area contributed by atoms with Crippen molar-refractivity contribution in [2.24, 2.45) is 5.92 Å². The normalized spacial score (nSPS) is 21.2. The molecular weight excluding hydrogens is 354 g/mol. The molecule has 3 rings (SSSR count). The predicted octanol–water partition coefficient (Wildman–Crippen LogP) is 1.69. The summed E-state index contributed by atoms with van der Waals surface area (Å²) in [6, 6.07) is 3.55. The lowest BCUT2D eigenvalue weighted by Gasteiger charge is -2.37. The van der Waals surface area contributed by atoms with Crippen molar-refractivity contribution in [1.82, 2.24) is 20.5 Å². The van der Waals surface area contributed by atoms with Crippen LogP contribution in [0.4, 0.5) is 5.82 Å². The summed E-state index contributed by atoms with van der Waals surface area (Å²) in [5.41, 5.74) is 1.08. The minimum Gasteiger partial charge on any atom is -0.368 e. The van der Waals surface area contributed by atoms with Gasteiger partial charge in [0.1, 0.15) is 5.82 Å². The maximum atomic E-state index is 12.4. The van der Waals surface area contributed by atoms with E-state index in [0.717, 1.165) is 24.5 Å². The van der Waals surface area contributed by atoms with Gasteiger partial charge in [-0.2, -0.15) is 0 Å². The number of aromatic nitrogens is 1. The summed E-state index contributed by atoms with van der Waals surface area (Å²) < 4.78 is 0. The minimum atomic E-state index is -0.346. The molecule has 28 heavy (non-hydrogen) atoms. The van der Waals surface area contributed by atoms with Gasteiger partial charge >= 0.3 is 0 Å². The van der Waals surface area contributed by atoms with E-state index in [9.17, 15) is 9.59 Å². The Morgan fingerprint density at radius 3 is 2.89 bits per heavy atom. The number of anilines is 1. The van der Waals surface area contributed by atoms with Gasteiger partial charge < -0.3 is 16.0 Å². The number of piperazine rings is 1. The molecule has 1 aliphatic carbocycles. The Balaban J connectivity index is 1.43. The number of pyridine rings is 1. The SMILES string of the molecule is Cc1cccnc1NCCNC(=O)C[C@H]1C(=O)NCCN1CC1CCCCC1. The molecule has 1 saturated heterocycles. The average molecular weight is 388 g/mol. The minimum absolute atomic E-state index is 0.0144. The van der Waals surface area contributed by atoms with E-state index in [0.29, 0.717) is 25.6 Å². The average Bonchev–Trinajstić information content (AvgIpc) is 2.70. The first-order valence-electron chi connectivity index (χ1n) is 10.6. The lowest BCUT2D eigenvalue weighted by atomic mass is 9.88. The van der Waals surface area contributed by atoms with Crippen LogP contribution in [0.5, 0.6) is 0 Å². The highest BCUT2D eigenvalue weighted by atomic mass is 16.2. The molecule has 0 bridgehead atoms. The second kappa shape index (κ2) is 10.4. The third-order valence-electron chi connectivity index (χ3n) is 5.79. The number of carbonyl (C=O) groups is 2. The maximum Gasteiger partial charge on any atom is 0.237 e. The molecule has 3 N–H and O–H groups in total. The van der Waals surface area contributed by atoms with E-state index in [1.165, 1.54) is 32.1 Å². The summed E-state index contributed by atoms with van der Waals surface area (Å²) in [5, 5.41) is 9.08. The fourth-order valence-electron chi connectivity index (χ4n) is 4.21. The van der Waals surface area contributed by atoms with Crippen molar-refractivity contribution < 1.29 is 9.59 Å². The predicted molar refractivity (Wildman–Crippen MR) is 110 cm³/mol. The number of amides is 2. The number of nitrogens with one attached hydrogen (secondary N) is 3. The molecule has 7 heteroatoms. The number of carbonyl (C=O) groups excluding carboxylic acids is 2. The lowest BCUT2D eigenvalue weighted by molar-refractivity contribution is -0.134. The molecule has 0 radical (unpaired) electrons. The van der Waals surface area contributed by atoms with E-state index >= 15 is 0 Å².